The molecule has 1 aromatic heterocycles. The van der Waals surface area contributed by atoms with Crippen molar-refractivity contribution in [2.75, 3.05) is 5.32 Å². The number of benzene rings is 4. The topological polar surface area (TPSA) is 46.9 Å². The molecule has 0 fully saturated rings. The molecule has 0 aliphatic carbocycles. The molecule has 4 nitrogen and oxygen atoms in total. The molecule has 1 N–H and O–H groups in total. The molecule has 0 saturated carbocycles. The van der Waals surface area contributed by atoms with Gasteiger partial charge < -0.3 is 5.32 Å². The lowest BCUT2D eigenvalue weighted by atomic mass is 10.0. The van der Waals surface area contributed by atoms with E-state index in [9.17, 15) is 4.79 Å². The van der Waals surface area contributed by atoms with E-state index >= 15 is 0 Å². The highest BCUT2D eigenvalue weighted by Gasteiger charge is 2.17. The van der Waals surface area contributed by atoms with E-state index in [0.29, 0.717) is 5.69 Å². The van der Waals surface area contributed by atoms with E-state index in [1.54, 1.807) is 0 Å². The Bertz CT molecular complexity index is 1480. The minimum absolute atomic E-state index is 0.235. The number of amides is 1. The van der Waals surface area contributed by atoms with Crippen molar-refractivity contribution in [1.82, 2.24) is 9.78 Å². The second-order valence-electron chi connectivity index (χ2n) is 8.86. The van der Waals surface area contributed by atoms with Gasteiger partial charge in [-0.2, -0.15) is 5.10 Å². The Hall–Kier alpha value is -4.44. The molecule has 5 rings (SSSR count). The third kappa shape index (κ3) is 4.78. The van der Waals surface area contributed by atoms with Gasteiger partial charge >= 0.3 is 0 Å². The summed E-state index contributed by atoms with van der Waals surface area (Å²) >= 11 is 0. The number of rotatable bonds is 5. The lowest BCUT2D eigenvalue weighted by Crippen LogP contribution is -2.13. The normalized spacial score (nSPS) is 10.8. The van der Waals surface area contributed by atoms with Crippen LogP contribution < -0.4 is 5.32 Å². The average molecular weight is 458 g/mol. The molecule has 0 bridgehead atoms. The van der Waals surface area contributed by atoms with E-state index in [1.807, 2.05) is 78.3 Å². The predicted molar refractivity (Wildman–Crippen MR) is 143 cm³/mol. The van der Waals surface area contributed by atoms with Crippen LogP contribution in [0.4, 0.5) is 5.69 Å². The first kappa shape index (κ1) is 22.4. The van der Waals surface area contributed by atoms with Gasteiger partial charge in [-0.1, -0.05) is 78.4 Å². The average Bonchev–Trinajstić information content (AvgIpc) is 3.33. The largest absolute Gasteiger partial charge is 0.321 e. The second kappa shape index (κ2) is 9.43. The molecule has 0 atom stereocenters. The molecule has 0 aliphatic rings. The smallest absolute Gasteiger partial charge is 0.276 e. The lowest BCUT2D eigenvalue weighted by molar-refractivity contribution is 0.102. The Labute approximate surface area is 205 Å². The first-order valence-corrected chi connectivity index (χ1v) is 11.7. The third-order valence-electron chi connectivity index (χ3n) is 6.27. The van der Waals surface area contributed by atoms with Crippen LogP contribution in [0.2, 0.25) is 0 Å². The fraction of sp³-hybridized carbons (Fsp3) is 0.0968. The van der Waals surface area contributed by atoms with E-state index < -0.39 is 0 Å². The van der Waals surface area contributed by atoms with Crippen LogP contribution >= 0.6 is 0 Å². The number of carbonyl (C=O) groups is 1. The molecular weight excluding hydrogens is 430 g/mol. The molecule has 0 saturated heterocycles. The predicted octanol–water partition coefficient (Wildman–Crippen LogP) is 7.38. The first-order chi connectivity index (χ1) is 17.0. The highest BCUT2D eigenvalue weighted by molar-refractivity contribution is 6.03. The summed E-state index contributed by atoms with van der Waals surface area (Å²) in [6, 6.07) is 34.6. The Morgan fingerprint density at radius 2 is 1.34 bits per heavy atom. The molecule has 4 aromatic carbocycles. The summed E-state index contributed by atoms with van der Waals surface area (Å²) in [5.41, 5.74) is 9.68. The zero-order chi connectivity index (χ0) is 24.4. The SMILES string of the molecule is Cc1ccc(-n2nc(C(=O)Nc3ccc(C)c(C)c3)cc2-c2ccc(-c3ccccc3)cc2)cc1. The van der Waals surface area contributed by atoms with Crippen molar-refractivity contribution < 1.29 is 4.79 Å². The minimum Gasteiger partial charge on any atom is -0.321 e. The summed E-state index contributed by atoms with van der Waals surface area (Å²) in [4.78, 5) is 13.1. The summed E-state index contributed by atoms with van der Waals surface area (Å²) in [6.07, 6.45) is 0. The van der Waals surface area contributed by atoms with Crippen LogP contribution in [-0.4, -0.2) is 15.7 Å². The van der Waals surface area contributed by atoms with E-state index in [4.69, 9.17) is 5.10 Å². The number of hydrogen-bond acceptors (Lipinski definition) is 2. The molecule has 0 spiro atoms. The van der Waals surface area contributed by atoms with Crippen molar-refractivity contribution in [2.24, 2.45) is 0 Å². The van der Waals surface area contributed by atoms with Crippen LogP contribution in [0.5, 0.6) is 0 Å². The molecular formula is C31H27N3O. The van der Waals surface area contributed by atoms with Gasteiger partial charge in [0.15, 0.2) is 5.69 Å². The standard InChI is InChI=1S/C31H27N3O/c1-21-9-17-28(18-10-21)34-30(26-14-12-25(13-15-26)24-7-5-4-6-8-24)20-29(33-34)31(35)32-27-16-11-22(2)23(3)19-27/h4-20H,1-3H3,(H,32,35). The van der Waals surface area contributed by atoms with Gasteiger partial charge in [-0.15, -0.1) is 0 Å². The van der Waals surface area contributed by atoms with Crippen molar-refractivity contribution >= 4 is 11.6 Å². The Balaban J connectivity index is 1.52. The molecule has 0 aliphatic heterocycles. The monoisotopic (exact) mass is 457 g/mol. The molecule has 5 aromatic rings. The number of carbonyl (C=O) groups excluding carboxylic acids is 1. The highest BCUT2D eigenvalue weighted by Crippen LogP contribution is 2.28. The van der Waals surface area contributed by atoms with Crippen LogP contribution in [0.25, 0.3) is 28.1 Å². The van der Waals surface area contributed by atoms with Crippen LogP contribution in [0.1, 0.15) is 27.2 Å². The Kier molecular flexibility index (Phi) is 6.02. The van der Waals surface area contributed by atoms with Gasteiger partial charge in [-0.25, -0.2) is 4.68 Å². The quantitative estimate of drug-likeness (QED) is 0.299. The van der Waals surface area contributed by atoms with Gasteiger partial charge in [0, 0.05) is 11.3 Å². The maximum Gasteiger partial charge on any atom is 0.276 e. The summed E-state index contributed by atoms with van der Waals surface area (Å²) in [5.74, 6) is -0.235. The number of aryl methyl sites for hydroxylation is 3. The van der Waals surface area contributed by atoms with Crippen LogP contribution in [0.3, 0.4) is 0 Å². The molecule has 4 heteroatoms. The van der Waals surface area contributed by atoms with Gasteiger partial charge in [0.1, 0.15) is 0 Å². The van der Waals surface area contributed by atoms with Crippen molar-refractivity contribution in [3.05, 3.63) is 126 Å². The number of nitrogens with one attached hydrogen (secondary N) is 1. The van der Waals surface area contributed by atoms with E-state index in [0.717, 1.165) is 33.8 Å². The van der Waals surface area contributed by atoms with Crippen LogP contribution in [0, 0.1) is 20.8 Å². The fourth-order valence-corrected chi connectivity index (χ4v) is 4.06. The zero-order valence-electron chi connectivity index (χ0n) is 20.1. The molecule has 1 amide bonds. The minimum atomic E-state index is -0.235. The molecule has 1 heterocycles. The van der Waals surface area contributed by atoms with E-state index in [-0.39, 0.29) is 5.91 Å². The van der Waals surface area contributed by atoms with Crippen molar-refractivity contribution in [3.8, 4) is 28.1 Å². The maximum atomic E-state index is 13.1. The van der Waals surface area contributed by atoms with Crippen molar-refractivity contribution in [3.63, 3.8) is 0 Å². The molecule has 0 radical (unpaired) electrons. The van der Waals surface area contributed by atoms with E-state index in [1.165, 1.54) is 16.7 Å². The van der Waals surface area contributed by atoms with Gasteiger partial charge in [0.05, 0.1) is 11.4 Å². The van der Waals surface area contributed by atoms with Crippen molar-refractivity contribution in [2.45, 2.75) is 20.8 Å². The van der Waals surface area contributed by atoms with Crippen LogP contribution in [0.15, 0.2) is 103 Å². The van der Waals surface area contributed by atoms with Crippen molar-refractivity contribution in [1.29, 1.82) is 0 Å². The number of anilines is 1. The number of hydrogen-bond donors (Lipinski definition) is 1. The summed E-state index contributed by atoms with van der Waals surface area (Å²) in [7, 11) is 0. The molecule has 35 heavy (non-hydrogen) atoms. The molecule has 0 unspecified atom stereocenters. The fourth-order valence-electron chi connectivity index (χ4n) is 4.06. The first-order valence-electron chi connectivity index (χ1n) is 11.7. The maximum absolute atomic E-state index is 13.1. The van der Waals surface area contributed by atoms with Gasteiger partial charge in [0.2, 0.25) is 0 Å². The lowest BCUT2D eigenvalue weighted by Gasteiger charge is -2.09. The molecule has 172 valence electrons. The van der Waals surface area contributed by atoms with Gasteiger partial charge in [0.25, 0.3) is 5.91 Å². The summed E-state index contributed by atoms with van der Waals surface area (Å²) in [5, 5.41) is 7.70. The Morgan fingerprint density at radius 1 is 0.686 bits per heavy atom. The van der Waals surface area contributed by atoms with Crippen LogP contribution in [-0.2, 0) is 0 Å². The third-order valence-corrected chi connectivity index (χ3v) is 6.27. The van der Waals surface area contributed by atoms with E-state index in [2.05, 4.69) is 55.6 Å². The number of nitrogens with zero attached hydrogens (tertiary/aromatic N) is 2. The number of aromatic nitrogens is 2. The Morgan fingerprint density at radius 3 is 2.03 bits per heavy atom. The highest BCUT2D eigenvalue weighted by atomic mass is 16.1. The zero-order valence-corrected chi connectivity index (χ0v) is 20.1. The summed E-state index contributed by atoms with van der Waals surface area (Å²) in [6.45, 7) is 6.15. The van der Waals surface area contributed by atoms with Gasteiger partial charge in [-0.3, -0.25) is 4.79 Å². The summed E-state index contributed by atoms with van der Waals surface area (Å²) < 4.78 is 1.84. The second-order valence-corrected chi connectivity index (χ2v) is 8.86. The van der Waals surface area contributed by atoms with Gasteiger partial charge in [-0.05, 0) is 73.4 Å².